The number of hydrogen-bond donors (Lipinski definition) is 2. The molecule has 0 aromatic heterocycles. The van der Waals surface area contributed by atoms with Gasteiger partial charge in [0.1, 0.15) is 18.4 Å². The second-order valence-corrected chi connectivity index (χ2v) is 7.28. The van der Waals surface area contributed by atoms with Crippen LogP contribution in [-0.4, -0.2) is 17.7 Å². The Morgan fingerprint density at radius 1 is 0.903 bits per heavy atom. The van der Waals surface area contributed by atoms with Crippen LogP contribution in [0.3, 0.4) is 0 Å². The Bertz CT molecular complexity index is 1030. The second kappa shape index (κ2) is 10.8. The SMILES string of the molecule is CC(=CC(=O)c1ccccc1)N[C@@H](Cc1ccc(OCc2ccccc2)cc1)C(N)=O. The minimum atomic E-state index is -0.629. The normalized spacial score (nSPS) is 12.1. The van der Waals surface area contributed by atoms with Crippen LogP contribution in [0.2, 0.25) is 0 Å². The highest BCUT2D eigenvalue weighted by molar-refractivity contribution is 6.04. The van der Waals surface area contributed by atoms with E-state index in [0.717, 1.165) is 16.9 Å². The lowest BCUT2D eigenvalue weighted by Gasteiger charge is -2.17. The molecule has 3 aromatic carbocycles. The van der Waals surface area contributed by atoms with Crippen LogP contribution >= 0.6 is 0 Å². The van der Waals surface area contributed by atoms with Crippen molar-refractivity contribution in [2.75, 3.05) is 0 Å². The van der Waals surface area contributed by atoms with Crippen LogP contribution < -0.4 is 15.8 Å². The third kappa shape index (κ3) is 6.85. The molecule has 158 valence electrons. The highest BCUT2D eigenvalue weighted by atomic mass is 16.5. The Morgan fingerprint density at radius 3 is 2.13 bits per heavy atom. The number of rotatable bonds is 10. The number of carbonyl (C=O) groups is 2. The first-order chi connectivity index (χ1) is 15.0. The van der Waals surface area contributed by atoms with Crippen LogP contribution in [0.4, 0.5) is 0 Å². The fourth-order valence-corrected chi connectivity index (χ4v) is 3.12. The van der Waals surface area contributed by atoms with Gasteiger partial charge in [0, 0.05) is 23.8 Å². The monoisotopic (exact) mass is 414 g/mol. The molecule has 31 heavy (non-hydrogen) atoms. The maximum Gasteiger partial charge on any atom is 0.240 e. The molecule has 0 fully saturated rings. The molecule has 0 saturated carbocycles. The van der Waals surface area contributed by atoms with Crippen molar-refractivity contribution in [3.05, 3.63) is 113 Å². The number of nitrogens with one attached hydrogen (secondary N) is 1. The summed E-state index contributed by atoms with van der Waals surface area (Å²) in [6.07, 6.45) is 1.88. The summed E-state index contributed by atoms with van der Waals surface area (Å²) < 4.78 is 5.80. The molecule has 3 N–H and O–H groups in total. The van der Waals surface area contributed by atoms with E-state index >= 15 is 0 Å². The molecule has 0 heterocycles. The smallest absolute Gasteiger partial charge is 0.240 e. The lowest BCUT2D eigenvalue weighted by molar-refractivity contribution is -0.119. The van der Waals surface area contributed by atoms with Crippen LogP contribution in [0.25, 0.3) is 0 Å². The molecule has 0 unspecified atom stereocenters. The molecule has 3 rings (SSSR count). The number of amides is 1. The zero-order valence-corrected chi connectivity index (χ0v) is 17.5. The fraction of sp³-hybridized carbons (Fsp3) is 0.154. The van der Waals surface area contributed by atoms with E-state index in [0.29, 0.717) is 24.3 Å². The summed E-state index contributed by atoms with van der Waals surface area (Å²) in [5.74, 6) is 0.138. The molecular formula is C26H26N2O3. The van der Waals surface area contributed by atoms with Crippen molar-refractivity contribution >= 4 is 11.7 Å². The third-order valence-corrected chi connectivity index (χ3v) is 4.76. The molecule has 0 aliphatic carbocycles. The van der Waals surface area contributed by atoms with Gasteiger partial charge in [-0.1, -0.05) is 72.8 Å². The van der Waals surface area contributed by atoms with E-state index in [4.69, 9.17) is 10.5 Å². The largest absolute Gasteiger partial charge is 0.489 e. The van der Waals surface area contributed by atoms with Crippen LogP contribution in [-0.2, 0) is 17.8 Å². The maximum atomic E-state index is 12.3. The number of ether oxygens (including phenoxy) is 1. The predicted octanol–water partition coefficient (Wildman–Crippen LogP) is 4.04. The summed E-state index contributed by atoms with van der Waals surface area (Å²) in [4.78, 5) is 24.3. The van der Waals surface area contributed by atoms with E-state index in [1.54, 1.807) is 19.1 Å². The Morgan fingerprint density at radius 2 is 1.52 bits per heavy atom. The third-order valence-electron chi connectivity index (χ3n) is 4.76. The number of carbonyl (C=O) groups excluding carboxylic acids is 2. The van der Waals surface area contributed by atoms with Crippen LogP contribution in [0, 0.1) is 0 Å². The fourth-order valence-electron chi connectivity index (χ4n) is 3.12. The number of hydrogen-bond acceptors (Lipinski definition) is 4. The molecule has 0 spiro atoms. The van der Waals surface area contributed by atoms with Gasteiger partial charge in [0.2, 0.25) is 5.91 Å². The van der Waals surface area contributed by atoms with Crippen LogP contribution in [0.15, 0.2) is 96.7 Å². The molecule has 1 atom stereocenters. The van der Waals surface area contributed by atoms with Gasteiger partial charge >= 0.3 is 0 Å². The van der Waals surface area contributed by atoms with Crippen molar-refractivity contribution in [2.24, 2.45) is 5.73 Å². The molecule has 3 aromatic rings. The van der Waals surface area contributed by atoms with Gasteiger partial charge in [-0.15, -0.1) is 0 Å². The number of benzene rings is 3. The molecule has 0 aliphatic heterocycles. The first-order valence-electron chi connectivity index (χ1n) is 10.1. The van der Waals surface area contributed by atoms with E-state index in [1.807, 2.05) is 72.8 Å². The number of nitrogens with two attached hydrogens (primary N) is 1. The van der Waals surface area contributed by atoms with Crippen molar-refractivity contribution in [1.82, 2.24) is 5.32 Å². The van der Waals surface area contributed by atoms with Crippen molar-refractivity contribution in [3.63, 3.8) is 0 Å². The summed E-state index contributed by atoms with van der Waals surface area (Å²) in [6.45, 7) is 2.24. The van der Waals surface area contributed by atoms with E-state index in [9.17, 15) is 9.59 Å². The van der Waals surface area contributed by atoms with Crippen LogP contribution in [0.5, 0.6) is 5.75 Å². The average Bonchev–Trinajstić information content (AvgIpc) is 2.79. The van der Waals surface area contributed by atoms with Gasteiger partial charge in [0.05, 0.1) is 0 Å². The van der Waals surface area contributed by atoms with Crippen molar-refractivity contribution in [3.8, 4) is 5.75 Å². The van der Waals surface area contributed by atoms with Gasteiger partial charge in [-0.2, -0.15) is 0 Å². The summed E-state index contributed by atoms with van der Waals surface area (Å²) in [7, 11) is 0. The highest BCUT2D eigenvalue weighted by Gasteiger charge is 2.16. The van der Waals surface area contributed by atoms with Gasteiger partial charge in [-0.05, 0) is 30.2 Å². The molecule has 5 heteroatoms. The minimum absolute atomic E-state index is 0.131. The van der Waals surface area contributed by atoms with E-state index in [2.05, 4.69) is 5.32 Å². The van der Waals surface area contributed by atoms with Crippen molar-refractivity contribution in [2.45, 2.75) is 26.0 Å². The van der Waals surface area contributed by atoms with Crippen molar-refractivity contribution < 1.29 is 14.3 Å². The molecule has 5 nitrogen and oxygen atoms in total. The van der Waals surface area contributed by atoms with E-state index < -0.39 is 11.9 Å². The molecule has 0 radical (unpaired) electrons. The van der Waals surface area contributed by atoms with Crippen molar-refractivity contribution in [1.29, 1.82) is 0 Å². The topological polar surface area (TPSA) is 81.4 Å². The number of allylic oxidation sites excluding steroid dienone is 2. The van der Waals surface area contributed by atoms with Gasteiger partial charge < -0.3 is 15.8 Å². The molecular weight excluding hydrogens is 388 g/mol. The standard InChI is InChI=1S/C26H26N2O3/c1-19(16-25(29)22-10-6-3-7-11-22)28-24(26(27)30)17-20-12-14-23(15-13-20)31-18-21-8-4-2-5-9-21/h2-16,24,28H,17-18H2,1H3,(H2,27,30)/t24-/m0/s1. The maximum absolute atomic E-state index is 12.3. The van der Waals surface area contributed by atoms with Gasteiger partial charge in [0.15, 0.2) is 5.78 Å². The number of primary amides is 1. The highest BCUT2D eigenvalue weighted by Crippen LogP contribution is 2.16. The summed E-state index contributed by atoms with van der Waals surface area (Å²) in [6, 6.07) is 25.8. The van der Waals surface area contributed by atoms with E-state index in [1.165, 1.54) is 6.08 Å². The summed E-state index contributed by atoms with van der Waals surface area (Å²) in [5.41, 5.74) is 8.78. The Hall–Kier alpha value is -3.86. The van der Waals surface area contributed by atoms with E-state index in [-0.39, 0.29) is 5.78 Å². The second-order valence-electron chi connectivity index (χ2n) is 7.28. The summed E-state index contributed by atoms with van der Waals surface area (Å²) >= 11 is 0. The van der Waals surface area contributed by atoms with Crippen LogP contribution in [0.1, 0.15) is 28.4 Å². The average molecular weight is 415 g/mol. The minimum Gasteiger partial charge on any atom is -0.489 e. The molecule has 0 bridgehead atoms. The number of ketones is 1. The molecule has 0 aliphatic rings. The summed E-state index contributed by atoms with van der Waals surface area (Å²) in [5, 5.41) is 3.06. The lowest BCUT2D eigenvalue weighted by atomic mass is 10.0. The predicted molar refractivity (Wildman–Crippen MR) is 122 cm³/mol. The van der Waals surface area contributed by atoms with Gasteiger partial charge in [0.25, 0.3) is 0 Å². The zero-order chi connectivity index (χ0) is 22.1. The lowest BCUT2D eigenvalue weighted by Crippen LogP contribution is -2.42. The quantitative estimate of drug-likeness (QED) is 0.388. The zero-order valence-electron chi connectivity index (χ0n) is 17.5. The molecule has 0 saturated heterocycles. The Kier molecular flexibility index (Phi) is 7.60. The van der Waals surface area contributed by atoms with Gasteiger partial charge in [-0.3, -0.25) is 9.59 Å². The Labute approximate surface area is 182 Å². The first-order valence-corrected chi connectivity index (χ1v) is 10.1. The van der Waals surface area contributed by atoms with Gasteiger partial charge in [-0.25, -0.2) is 0 Å². The Balaban J connectivity index is 1.58. The first kappa shape index (κ1) is 21.8. The molecule has 1 amide bonds.